The second kappa shape index (κ2) is 7.90. The number of aliphatic hydroxyl groups excluding tert-OH is 2. The van der Waals surface area contributed by atoms with Gasteiger partial charge in [-0.3, -0.25) is 9.78 Å². The largest absolute Gasteiger partial charge is 0.479 e. The molecule has 2 atom stereocenters. The van der Waals surface area contributed by atoms with Crippen molar-refractivity contribution in [3.8, 4) is 27.7 Å². The summed E-state index contributed by atoms with van der Waals surface area (Å²) in [6.45, 7) is 3.23. The van der Waals surface area contributed by atoms with Crippen LogP contribution in [-0.4, -0.2) is 51.4 Å². The highest BCUT2D eigenvalue weighted by atomic mass is 32.1. The molecule has 0 bridgehead atoms. The van der Waals surface area contributed by atoms with Crippen LogP contribution in [0.5, 0.6) is 5.75 Å². The normalized spacial score (nSPS) is 17.0. The molecule has 8 heteroatoms. The number of aryl methyl sites for hydroxylation is 1. The Bertz CT molecular complexity index is 1040. The summed E-state index contributed by atoms with van der Waals surface area (Å²) in [5, 5.41) is 19.9. The Kier molecular flexibility index (Phi) is 5.31. The van der Waals surface area contributed by atoms with Gasteiger partial charge in [-0.25, -0.2) is 4.98 Å². The van der Waals surface area contributed by atoms with E-state index in [0.29, 0.717) is 11.4 Å². The highest BCUT2D eigenvalue weighted by Gasteiger charge is 2.33. The zero-order chi connectivity index (χ0) is 20.5. The Balaban J connectivity index is 1.74. The van der Waals surface area contributed by atoms with Gasteiger partial charge in [-0.15, -0.1) is 11.3 Å². The number of fused-ring (bicyclic) bond motifs is 1. The summed E-state index contributed by atoms with van der Waals surface area (Å²) in [6.07, 6.45) is 0.0487. The highest BCUT2D eigenvalue weighted by molar-refractivity contribution is 7.15. The number of aromatic nitrogens is 2. The molecule has 0 saturated heterocycles. The highest BCUT2D eigenvalue weighted by Crippen LogP contribution is 2.40. The number of amides is 1. The second-order valence-corrected chi connectivity index (χ2v) is 8.07. The number of aliphatic hydroxyl groups is 2. The molecule has 4 rings (SSSR count). The van der Waals surface area contributed by atoms with E-state index in [-0.39, 0.29) is 12.5 Å². The lowest BCUT2D eigenvalue weighted by Gasteiger charge is -2.34. The van der Waals surface area contributed by atoms with E-state index < -0.39 is 18.8 Å². The lowest BCUT2D eigenvalue weighted by Crippen LogP contribution is -2.48. The number of rotatable bonds is 5. The Morgan fingerprint density at radius 1 is 1.31 bits per heavy atom. The monoisotopic (exact) mass is 411 g/mol. The predicted molar refractivity (Wildman–Crippen MR) is 111 cm³/mol. The van der Waals surface area contributed by atoms with Gasteiger partial charge in [-0.05, 0) is 44.2 Å². The summed E-state index contributed by atoms with van der Waals surface area (Å²) in [7, 11) is 0. The van der Waals surface area contributed by atoms with Gasteiger partial charge in [0.1, 0.15) is 10.8 Å². The lowest BCUT2D eigenvalue weighted by atomic mass is 10.1. The average molecular weight is 411 g/mol. The van der Waals surface area contributed by atoms with Crippen LogP contribution in [0.2, 0.25) is 0 Å². The van der Waals surface area contributed by atoms with Gasteiger partial charge < -0.3 is 19.8 Å². The van der Waals surface area contributed by atoms with Crippen LogP contribution in [0.25, 0.3) is 22.0 Å². The number of nitrogens with zero attached hydrogens (tertiary/aromatic N) is 3. The molecule has 2 unspecified atom stereocenters. The van der Waals surface area contributed by atoms with E-state index in [1.807, 2.05) is 43.3 Å². The van der Waals surface area contributed by atoms with Crippen molar-refractivity contribution in [2.24, 2.45) is 0 Å². The van der Waals surface area contributed by atoms with Gasteiger partial charge in [0.2, 0.25) is 0 Å². The van der Waals surface area contributed by atoms with Crippen molar-refractivity contribution in [1.82, 2.24) is 9.97 Å². The fourth-order valence-electron chi connectivity index (χ4n) is 3.27. The van der Waals surface area contributed by atoms with Gasteiger partial charge in [-0.2, -0.15) is 0 Å². The van der Waals surface area contributed by atoms with Crippen molar-refractivity contribution in [2.75, 3.05) is 18.1 Å². The number of hydrogen-bond acceptors (Lipinski definition) is 7. The second-order valence-electron chi connectivity index (χ2n) is 6.87. The number of pyridine rings is 1. The number of carbonyl (C=O) groups is 1. The number of benzene rings is 1. The molecule has 3 heterocycles. The molecule has 1 aliphatic rings. The van der Waals surface area contributed by atoms with Crippen molar-refractivity contribution < 1.29 is 19.7 Å². The SMILES string of the molecule is Cc1sc(-c2ccccn2)nc1-c1ccc2c(c1)N(CC(O)CO)C(=O)C(C)O2. The number of ether oxygens (including phenoxy) is 1. The van der Waals surface area contributed by atoms with Gasteiger partial charge in [0.05, 0.1) is 36.3 Å². The van der Waals surface area contributed by atoms with Gasteiger partial charge in [0.25, 0.3) is 5.91 Å². The molecular weight excluding hydrogens is 390 g/mol. The van der Waals surface area contributed by atoms with E-state index in [2.05, 4.69) is 4.98 Å². The first-order valence-electron chi connectivity index (χ1n) is 9.28. The minimum absolute atomic E-state index is 0.00524. The van der Waals surface area contributed by atoms with E-state index in [0.717, 1.165) is 26.8 Å². The van der Waals surface area contributed by atoms with Gasteiger partial charge in [0.15, 0.2) is 6.10 Å². The van der Waals surface area contributed by atoms with Crippen LogP contribution in [0.15, 0.2) is 42.6 Å². The van der Waals surface area contributed by atoms with E-state index in [9.17, 15) is 15.0 Å². The van der Waals surface area contributed by atoms with E-state index >= 15 is 0 Å². The average Bonchev–Trinajstić information content (AvgIpc) is 3.13. The van der Waals surface area contributed by atoms with E-state index in [4.69, 9.17) is 9.72 Å². The molecule has 0 saturated carbocycles. The molecule has 2 aromatic heterocycles. The van der Waals surface area contributed by atoms with Crippen LogP contribution >= 0.6 is 11.3 Å². The van der Waals surface area contributed by atoms with Crippen molar-refractivity contribution in [3.05, 3.63) is 47.5 Å². The molecule has 1 aromatic carbocycles. The number of anilines is 1. The maximum atomic E-state index is 12.6. The first kappa shape index (κ1) is 19.5. The van der Waals surface area contributed by atoms with Crippen LogP contribution in [0.4, 0.5) is 5.69 Å². The fraction of sp³-hybridized carbons (Fsp3) is 0.286. The smallest absolute Gasteiger partial charge is 0.267 e. The Hall–Kier alpha value is -2.81. The first-order valence-corrected chi connectivity index (χ1v) is 10.1. The van der Waals surface area contributed by atoms with Crippen LogP contribution < -0.4 is 9.64 Å². The fourth-order valence-corrected chi connectivity index (χ4v) is 4.19. The van der Waals surface area contributed by atoms with Crippen molar-refractivity contribution in [1.29, 1.82) is 0 Å². The van der Waals surface area contributed by atoms with Gasteiger partial charge >= 0.3 is 0 Å². The quantitative estimate of drug-likeness (QED) is 0.670. The molecule has 0 aliphatic carbocycles. The molecule has 1 amide bonds. The summed E-state index contributed by atoms with van der Waals surface area (Å²) < 4.78 is 5.72. The number of thiazole rings is 1. The molecule has 0 fully saturated rings. The molecule has 0 spiro atoms. The van der Waals surface area contributed by atoms with Crippen LogP contribution in [-0.2, 0) is 4.79 Å². The summed E-state index contributed by atoms with van der Waals surface area (Å²) in [5.41, 5.74) is 3.02. The third-order valence-electron chi connectivity index (χ3n) is 4.73. The van der Waals surface area contributed by atoms with Crippen LogP contribution in [0, 0.1) is 6.92 Å². The lowest BCUT2D eigenvalue weighted by molar-refractivity contribution is -0.126. The molecule has 1 aliphatic heterocycles. The Labute approximate surface area is 172 Å². The zero-order valence-corrected chi connectivity index (χ0v) is 16.9. The predicted octanol–water partition coefficient (Wildman–Crippen LogP) is 2.65. The number of β-amino-alcohol motifs (C(OH)–C–C–N with tert-alkyl or cyclic N) is 1. The molecule has 29 heavy (non-hydrogen) atoms. The number of hydrogen-bond donors (Lipinski definition) is 2. The minimum Gasteiger partial charge on any atom is -0.479 e. The molecule has 150 valence electrons. The third kappa shape index (κ3) is 3.74. The van der Waals surface area contributed by atoms with Crippen LogP contribution in [0.3, 0.4) is 0 Å². The molecule has 7 nitrogen and oxygen atoms in total. The molecular formula is C21H21N3O4S. The topological polar surface area (TPSA) is 95.8 Å². The molecule has 0 radical (unpaired) electrons. The Morgan fingerprint density at radius 2 is 2.14 bits per heavy atom. The third-order valence-corrected chi connectivity index (χ3v) is 5.72. The summed E-state index contributed by atoms with van der Waals surface area (Å²) in [4.78, 5) is 24.2. The number of carbonyl (C=O) groups excluding carboxylic acids is 1. The maximum absolute atomic E-state index is 12.6. The van der Waals surface area contributed by atoms with Gasteiger partial charge in [0, 0.05) is 16.6 Å². The van der Waals surface area contributed by atoms with E-state index in [1.54, 1.807) is 24.5 Å². The first-order chi connectivity index (χ1) is 14.0. The van der Waals surface area contributed by atoms with Gasteiger partial charge in [-0.1, -0.05) is 6.07 Å². The van der Waals surface area contributed by atoms with Crippen molar-refractivity contribution >= 4 is 22.9 Å². The zero-order valence-electron chi connectivity index (χ0n) is 16.1. The van der Waals surface area contributed by atoms with Crippen molar-refractivity contribution in [2.45, 2.75) is 26.1 Å². The van der Waals surface area contributed by atoms with Crippen molar-refractivity contribution in [3.63, 3.8) is 0 Å². The summed E-state index contributed by atoms with van der Waals surface area (Å²) in [5.74, 6) is 0.301. The standard InChI is InChI=1S/C21H21N3O4S/c1-12-21(27)24(10-15(26)11-25)17-9-14(6-7-18(17)28-12)19-13(2)29-20(23-19)16-5-3-4-8-22-16/h3-9,12,15,25-26H,10-11H2,1-2H3. The molecule has 3 aromatic rings. The molecule has 2 N–H and O–H groups in total. The van der Waals surface area contributed by atoms with Crippen LogP contribution in [0.1, 0.15) is 11.8 Å². The summed E-state index contributed by atoms with van der Waals surface area (Å²) in [6, 6.07) is 11.3. The maximum Gasteiger partial charge on any atom is 0.267 e. The summed E-state index contributed by atoms with van der Waals surface area (Å²) >= 11 is 1.56. The minimum atomic E-state index is -1.03. The van der Waals surface area contributed by atoms with E-state index in [1.165, 1.54) is 4.90 Å². The Morgan fingerprint density at radius 3 is 2.86 bits per heavy atom.